The summed E-state index contributed by atoms with van der Waals surface area (Å²) in [7, 11) is 0. The van der Waals surface area contributed by atoms with Gasteiger partial charge < -0.3 is 11.1 Å². The highest BCUT2D eigenvalue weighted by atomic mass is 15.2. The van der Waals surface area contributed by atoms with Crippen LogP contribution in [-0.4, -0.2) is 35.1 Å². The van der Waals surface area contributed by atoms with E-state index in [0.29, 0.717) is 12.1 Å². The van der Waals surface area contributed by atoms with E-state index in [1.165, 1.54) is 32.4 Å². The lowest BCUT2D eigenvalue weighted by Crippen LogP contribution is -2.33. The Balaban J connectivity index is 1.64. The number of nitrogen functional groups attached to an aromatic ring is 1. The second-order valence-corrected chi connectivity index (χ2v) is 5.91. The van der Waals surface area contributed by atoms with Crippen molar-refractivity contribution >= 4 is 22.1 Å². The minimum atomic E-state index is 0.541. The number of rotatable bonds is 2. The number of pyridine rings is 1. The number of hydrogen-bond acceptors (Lipinski definition) is 4. The highest BCUT2D eigenvalue weighted by molar-refractivity contribution is 5.98. The molecule has 2 aliphatic rings. The molecule has 0 bridgehead atoms. The lowest BCUT2D eigenvalue weighted by atomic mass is 10.0. The maximum absolute atomic E-state index is 6.33. The molecule has 20 heavy (non-hydrogen) atoms. The lowest BCUT2D eigenvalue weighted by molar-refractivity contribution is 0.318. The van der Waals surface area contributed by atoms with Crippen LogP contribution in [0.25, 0.3) is 10.8 Å². The fraction of sp³-hybridized carbons (Fsp3) is 0.438. The summed E-state index contributed by atoms with van der Waals surface area (Å²) in [4.78, 5) is 6.76. The van der Waals surface area contributed by atoms with Gasteiger partial charge in [0, 0.05) is 41.8 Å². The second-order valence-electron chi connectivity index (χ2n) is 5.91. The molecule has 2 aliphatic heterocycles. The standard InChI is InChI=1S/C16H20N4/c17-16-12-5-7-18-10-11(12)3-4-14(16)19-13-6-9-20-8-1-2-15(13)20/h3-5,7,10,13,15,19H,1-2,6,8-9,17H2. The summed E-state index contributed by atoms with van der Waals surface area (Å²) in [6, 6.07) is 7.42. The molecule has 0 aliphatic carbocycles. The van der Waals surface area contributed by atoms with Crippen LogP contribution in [0.4, 0.5) is 11.4 Å². The zero-order chi connectivity index (χ0) is 13.5. The molecular formula is C16H20N4. The number of nitrogens with zero attached hydrogens (tertiary/aromatic N) is 2. The largest absolute Gasteiger partial charge is 0.397 e. The Morgan fingerprint density at radius 1 is 1.20 bits per heavy atom. The van der Waals surface area contributed by atoms with Gasteiger partial charge in [-0.25, -0.2) is 0 Å². The van der Waals surface area contributed by atoms with E-state index in [1.807, 2.05) is 12.3 Å². The number of benzene rings is 1. The third kappa shape index (κ3) is 1.83. The molecule has 3 N–H and O–H groups in total. The molecule has 0 spiro atoms. The Morgan fingerprint density at radius 2 is 2.15 bits per heavy atom. The van der Waals surface area contributed by atoms with Crippen LogP contribution in [0.2, 0.25) is 0 Å². The van der Waals surface area contributed by atoms with Gasteiger partial charge in [0.1, 0.15) is 0 Å². The van der Waals surface area contributed by atoms with Crippen molar-refractivity contribution in [3.63, 3.8) is 0 Å². The van der Waals surface area contributed by atoms with Crippen molar-refractivity contribution in [2.75, 3.05) is 24.1 Å². The first-order chi connectivity index (χ1) is 9.83. The summed E-state index contributed by atoms with van der Waals surface area (Å²) >= 11 is 0. The van der Waals surface area contributed by atoms with E-state index in [9.17, 15) is 0 Å². The Bertz CT molecular complexity index is 639. The quantitative estimate of drug-likeness (QED) is 0.822. The Hall–Kier alpha value is -1.81. The molecule has 2 unspecified atom stereocenters. The van der Waals surface area contributed by atoms with E-state index >= 15 is 0 Å². The van der Waals surface area contributed by atoms with Crippen LogP contribution in [-0.2, 0) is 0 Å². The van der Waals surface area contributed by atoms with Crippen LogP contribution in [0, 0.1) is 0 Å². The predicted molar refractivity (Wildman–Crippen MR) is 82.8 cm³/mol. The first-order valence-corrected chi connectivity index (χ1v) is 7.46. The minimum Gasteiger partial charge on any atom is -0.397 e. The molecule has 2 atom stereocenters. The van der Waals surface area contributed by atoms with Crippen molar-refractivity contribution in [3.8, 4) is 0 Å². The number of anilines is 2. The molecule has 4 heteroatoms. The van der Waals surface area contributed by atoms with E-state index in [0.717, 1.165) is 22.1 Å². The topological polar surface area (TPSA) is 54.2 Å². The summed E-state index contributed by atoms with van der Waals surface area (Å²) < 4.78 is 0. The predicted octanol–water partition coefficient (Wildman–Crippen LogP) is 2.47. The number of hydrogen-bond donors (Lipinski definition) is 2. The van der Waals surface area contributed by atoms with Crippen LogP contribution < -0.4 is 11.1 Å². The van der Waals surface area contributed by atoms with E-state index in [2.05, 4.69) is 27.3 Å². The highest BCUT2D eigenvalue weighted by Gasteiger charge is 2.37. The van der Waals surface area contributed by atoms with Gasteiger partial charge in [0.15, 0.2) is 0 Å². The van der Waals surface area contributed by atoms with Crippen molar-refractivity contribution in [3.05, 3.63) is 30.6 Å². The molecule has 0 radical (unpaired) electrons. The molecular weight excluding hydrogens is 248 g/mol. The maximum atomic E-state index is 6.33. The van der Waals surface area contributed by atoms with Crippen molar-refractivity contribution in [2.45, 2.75) is 31.3 Å². The Kier molecular flexibility index (Phi) is 2.77. The van der Waals surface area contributed by atoms with E-state index in [4.69, 9.17) is 5.73 Å². The molecule has 2 saturated heterocycles. The Morgan fingerprint density at radius 3 is 3.10 bits per heavy atom. The lowest BCUT2D eigenvalue weighted by Gasteiger charge is -2.23. The van der Waals surface area contributed by atoms with Gasteiger partial charge in [-0.2, -0.15) is 0 Å². The summed E-state index contributed by atoms with van der Waals surface area (Å²) in [6.45, 7) is 2.49. The number of fused-ring (bicyclic) bond motifs is 2. The van der Waals surface area contributed by atoms with Gasteiger partial charge in [-0.15, -0.1) is 0 Å². The molecule has 2 aromatic rings. The first-order valence-electron chi connectivity index (χ1n) is 7.46. The molecule has 2 fully saturated rings. The molecule has 0 amide bonds. The first kappa shape index (κ1) is 12.0. The second kappa shape index (κ2) is 4.63. The summed E-state index contributed by atoms with van der Waals surface area (Å²) in [5, 5.41) is 5.88. The van der Waals surface area contributed by atoms with Crippen LogP contribution in [0.1, 0.15) is 19.3 Å². The SMILES string of the molecule is Nc1c(NC2CCN3CCCC23)ccc2cnccc12. The van der Waals surface area contributed by atoms with Gasteiger partial charge in [-0.1, -0.05) is 6.07 Å². The van der Waals surface area contributed by atoms with Crippen LogP contribution >= 0.6 is 0 Å². The number of aromatic nitrogens is 1. The third-order valence-corrected chi connectivity index (χ3v) is 4.81. The highest BCUT2D eigenvalue weighted by Crippen LogP contribution is 2.33. The minimum absolute atomic E-state index is 0.541. The van der Waals surface area contributed by atoms with Gasteiger partial charge in [0.2, 0.25) is 0 Å². The monoisotopic (exact) mass is 268 g/mol. The zero-order valence-corrected chi connectivity index (χ0v) is 11.5. The smallest absolute Gasteiger partial charge is 0.0630 e. The molecule has 1 aromatic heterocycles. The van der Waals surface area contributed by atoms with Gasteiger partial charge in [-0.05, 0) is 37.9 Å². The molecule has 1 aromatic carbocycles. The van der Waals surface area contributed by atoms with Gasteiger partial charge in [0.05, 0.1) is 11.4 Å². The summed E-state index contributed by atoms with van der Waals surface area (Å²) in [5.74, 6) is 0. The number of nitrogens with one attached hydrogen (secondary N) is 1. The van der Waals surface area contributed by atoms with Crippen LogP contribution in [0.15, 0.2) is 30.6 Å². The van der Waals surface area contributed by atoms with Crippen molar-refractivity contribution in [2.24, 2.45) is 0 Å². The average molecular weight is 268 g/mol. The van der Waals surface area contributed by atoms with Crippen LogP contribution in [0.5, 0.6) is 0 Å². The van der Waals surface area contributed by atoms with Crippen molar-refractivity contribution < 1.29 is 0 Å². The fourth-order valence-electron chi connectivity index (χ4n) is 3.77. The van der Waals surface area contributed by atoms with Gasteiger partial charge >= 0.3 is 0 Å². The molecule has 3 heterocycles. The molecule has 0 saturated carbocycles. The summed E-state index contributed by atoms with van der Waals surface area (Å²) in [5.41, 5.74) is 8.25. The summed E-state index contributed by atoms with van der Waals surface area (Å²) in [6.07, 6.45) is 7.54. The molecule has 4 rings (SSSR count). The average Bonchev–Trinajstić information content (AvgIpc) is 3.07. The fourth-order valence-corrected chi connectivity index (χ4v) is 3.77. The van der Waals surface area contributed by atoms with Crippen molar-refractivity contribution in [1.82, 2.24) is 9.88 Å². The Labute approximate surface area is 119 Å². The zero-order valence-electron chi connectivity index (χ0n) is 11.5. The van der Waals surface area contributed by atoms with Gasteiger partial charge in [-0.3, -0.25) is 9.88 Å². The maximum Gasteiger partial charge on any atom is 0.0630 e. The van der Waals surface area contributed by atoms with Gasteiger partial charge in [0.25, 0.3) is 0 Å². The molecule has 4 nitrogen and oxygen atoms in total. The van der Waals surface area contributed by atoms with Crippen molar-refractivity contribution in [1.29, 1.82) is 0 Å². The number of nitrogens with two attached hydrogens (primary N) is 1. The van der Waals surface area contributed by atoms with E-state index in [-0.39, 0.29) is 0 Å². The van der Waals surface area contributed by atoms with Crippen LogP contribution in [0.3, 0.4) is 0 Å². The normalized spacial score (nSPS) is 26.0. The third-order valence-electron chi connectivity index (χ3n) is 4.81. The molecule has 104 valence electrons. The van der Waals surface area contributed by atoms with E-state index in [1.54, 1.807) is 6.20 Å². The van der Waals surface area contributed by atoms with E-state index < -0.39 is 0 Å².